The highest BCUT2D eigenvalue weighted by Crippen LogP contribution is 2.61. The second-order valence-corrected chi connectivity index (χ2v) is 7.44. The Hall–Kier alpha value is -0.340. The lowest BCUT2D eigenvalue weighted by Crippen LogP contribution is -2.47. The molecule has 4 saturated carbocycles. The van der Waals surface area contributed by atoms with Crippen molar-refractivity contribution in [3.63, 3.8) is 0 Å². The summed E-state index contributed by atoms with van der Waals surface area (Å²) in [5.74, 6) is 3.09. The Bertz CT molecular complexity index is 325. The molecule has 5 rings (SSSR count). The molecule has 0 spiro atoms. The minimum atomic E-state index is 0.123. The fourth-order valence-corrected chi connectivity index (χ4v) is 5.57. The van der Waals surface area contributed by atoms with Gasteiger partial charge in [0.15, 0.2) is 0 Å². The van der Waals surface area contributed by atoms with Crippen LogP contribution in [0.2, 0.25) is 0 Å². The van der Waals surface area contributed by atoms with Crippen LogP contribution in [0.4, 0.5) is 0 Å². The van der Waals surface area contributed by atoms with Gasteiger partial charge in [0.1, 0.15) is 12.2 Å². The third-order valence-electron chi connectivity index (χ3n) is 5.73. The first-order valence-electron chi connectivity index (χ1n) is 7.71. The quantitative estimate of drug-likeness (QED) is 0.545. The summed E-state index contributed by atoms with van der Waals surface area (Å²) in [4.78, 5) is 10.9. The molecule has 2 nitrogen and oxygen atoms in total. The van der Waals surface area contributed by atoms with Crippen LogP contribution < -0.4 is 0 Å². The normalized spacial score (nSPS) is 53.9. The molecule has 0 radical (unpaired) electrons. The first kappa shape index (κ1) is 11.5. The van der Waals surface area contributed by atoms with Gasteiger partial charge in [-0.05, 0) is 75.0 Å². The predicted molar refractivity (Wildman–Crippen MR) is 69.8 cm³/mol. The number of hydrogen-bond donors (Lipinski definition) is 0. The van der Waals surface area contributed by atoms with Crippen molar-refractivity contribution in [3.8, 4) is 0 Å². The van der Waals surface area contributed by atoms with Crippen LogP contribution in [-0.2, 0) is 9.78 Å². The fraction of sp³-hybridized carbons (Fsp3) is 0.875. The van der Waals surface area contributed by atoms with E-state index in [0.717, 1.165) is 17.8 Å². The average molecular weight is 248 g/mol. The molecule has 4 aliphatic carbocycles. The summed E-state index contributed by atoms with van der Waals surface area (Å²) >= 11 is 0. The molecular formula is C16H24O2. The fourth-order valence-electron chi connectivity index (χ4n) is 5.57. The highest BCUT2D eigenvalue weighted by Gasteiger charge is 2.51. The largest absolute Gasteiger partial charge is 0.229 e. The summed E-state index contributed by atoms with van der Waals surface area (Å²) in [6, 6.07) is 0. The van der Waals surface area contributed by atoms with E-state index in [9.17, 15) is 0 Å². The van der Waals surface area contributed by atoms with Crippen molar-refractivity contribution in [2.45, 2.75) is 64.1 Å². The van der Waals surface area contributed by atoms with E-state index < -0.39 is 0 Å². The molecule has 0 amide bonds. The Balaban J connectivity index is 1.49. The molecule has 0 aromatic carbocycles. The van der Waals surface area contributed by atoms with Gasteiger partial charge < -0.3 is 0 Å². The molecule has 5 aliphatic rings. The zero-order valence-electron chi connectivity index (χ0n) is 11.3. The molecule has 2 atom stereocenters. The van der Waals surface area contributed by atoms with Gasteiger partial charge in [-0.15, -0.1) is 0 Å². The van der Waals surface area contributed by atoms with Gasteiger partial charge in [0, 0.05) is 0 Å². The standard InChI is InChI=1S/C16H24O2/c1-11-2-3-15(18-17-11)10-16-7-12-4-13(8-16)6-14(5-12)9-16/h2-3,11-15H,4-10H2,1H3/t11-,12?,13?,14?,15-,16?/m0/s1. The highest BCUT2D eigenvalue weighted by molar-refractivity contribution is 5.05. The molecule has 100 valence electrons. The Morgan fingerprint density at radius 3 is 2.06 bits per heavy atom. The average Bonchev–Trinajstić information content (AvgIpc) is 2.30. The summed E-state index contributed by atoms with van der Waals surface area (Å²) in [5, 5.41) is 0. The van der Waals surface area contributed by atoms with E-state index >= 15 is 0 Å². The molecule has 0 aromatic heterocycles. The number of hydrogen-bond acceptors (Lipinski definition) is 2. The molecule has 18 heavy (non-hydrogen) atoms. The van der Waals surface area contributed by atoms with Crippen molar-refractivity contribution < 1.29 is 9.78 Å². The van der Waals surface area contributed by atoms with Crippen LogP contribution in [0, 0.1) is 23.2 Å². The zero-order chi connectivity index (χ0) is 12.2. The summed E-state index contributed by atoms with van der Waals surface area (Å²) in [5.41, 5.74) is 0.591. The minimum Gasteiger partial charge on any atom is -0.229 e. The van der Waals surface area contributed by atoms with E-state index in [4.69, 9.17) is 9.78 Å². The van der Waals surface area contributed by atoms with Crippen LogP contribution in [0.3, 0.4) is 0 Å². The topological polar surface area (TPSA) is 18.5 Å². The van der Waals surface area contributed by atoms with Gasteiger partial charge >= 0.3 is 0 Å². The van der Waals surface area contributed by atoms with E-state index in [-0.39, 0.29) is 12.2 Å². The molecular weight excluding hydrogens is 224 g/mol. The van der Waals surface area contributed by atoms with Gasteiger partial charge in [0.25, 0.3) is 0 Å². The maximum Gasteiger partial charge on any atom is 0.112 e. The molecule has 1 heterocycles. The molecule has 2 heteroatoms. The van der Waals surface area contributed by atoms with Gasteiger partial charge in [-0.25, -0.2) is 9.78 Å². The van der Waals surface area contributed by atoms with Gasteiger partial charge in [-0.2, -0.15) is 0 Å². The monoisotopic (exact) mass is 248 g/mol. The first-order valence-corrected chi connectivity index (χ1v) is 7.71. The Labute approximate surface area is 110 Å². The summed E-state index contributed by atoms with van der Waals surface area (Å²) < 4.78 is 0. The van der Waals surface area contributed by atoms with Crippen molar-refractivity contribution in [2.24, 2.45) is 23.2 Å². The molecule has 0 N–H and O–H groups in total. The van der Waals surface area contributed by atoms with E-state index in [1.807, 2.05) is 6.92 Å². The van der Waals surface area contributed by atoms with Crippen molar-refractivity contribution in [3.05, 3.63) is 12.2 Å². The smallest absolute Gasteiger partial charge is 0.112 e. The number of rotatable bonds is 2. The summed E-state index contributed by atoms with van der Waals surface area (Å²) in [6.45, 7) is 2.03. The van der Waals surface area contributed by atoms with Crippen LogP contribution in [-0.4, -0.2) is 12.2 Å². The third-order valence-corrected chi connectivity index (χ3v) is 5.73. The minimum absolute atomic E-state index is 0.123. The van der Waals surface area contributed by atoms with E-state index in [0.29, 0.717) is 5.41 Å². The first-order chi connectivity index (χ1) is 8.71. The molecule has 4 bridgehead atoms. The zero-order valence-corrected chi connectivity index (χ0v) is 11.3. The van der Waals surface area contributed by atoms with E-state index in [2.05, 4.69) is 12.2 Å². The lowest BCUT2D eigenvalue weighted by atomic mass is 9.48. The predicted octanol–water partition coefficient (Wildman–Crippen LogP) is 3.87. The van der Waals surface area contributed by atoms with Gasteiger partial charge in [-0.3, -0.25) is 0 Å². The lowest BCUT2D eigenvalue weighted by molar-refractivity contribution is -0.341. The molecule has 0 saturated heterocycles. The van der Waals surface area contributed by atoms with Crippen molar-refractivity contribution in [1.82, 2.24) is 0 Å². The molecule has 0 unspecified atom stereocenters. The van der Waals surface area contributed by atoms with Crippen LogP contribution in [0.15, 0.2) is 12.2 Å². The van der Waals surface area contributed by atoms with E-state index in [1.54, 1.807) is 0 Å². The van der Waals surface area contributed by atoms with Crippen LogP contribution >= 0.6 is 0 Å². The lowest BCUT2D eigenvalue weighted by Gasteiger charge is -2.57. The van der Waals surface area contributed by atoms with Gasteiger partial charge in [0.2, 0.25) is 0 Å². The summed E-state index contributed by atoms with van der Waals surface area (Å²) in [6.07, 6.45) is 14.8. The second kappa shape index (κ2) is 4.08. The van der Waals surface area contributed by atoms with Gasteiger partial charge in [-0.1, -0.05) is 12.2 Å². The van der Waals surface area contributed by atoms with Crippen LogP contribution in [0.25, 0.3) is 0 Å². The molecule has 4 fully saturated rings. The summed E-state index contributed by atoms with van der Waals surface area (Å²) in [7, 11) is 0. The van der Waals surface area contributed by atoms with Crippen molar-refractivity contribution >= 4 is 0 Å². The molecule has 1 aliphatic heterocycles. The Kier molecular flexibility index (Phi) is 2.60. The van der Waals surface area contributed by atoms with Crippen LogP contribution in [0.5, 0.6) is 0 Å². The maximum atomic E-state index is 5.54. The van der Waals surface area contributed by atoms with Crippen molar-refractivity contribution in [1.29, 1.82) is 0 Å². The highest BCUT2D eigenvalue weighted by atomic mass is 17.2. The second-order valence-electron chi connectivity index (χ2n) is 7.44. The van der Waals surface area contributed by atoms with Crippen molar-refractivity contribution in [2.75, 3.05) is 0 Å². The Morgan fingerprint density at radius 2 is 1.56 bits per heavy atom. The third kappa shape index (κ3) is 1.94. The van der Waals surface area contributed by atoms with Crippen LogP contribution in [0.1, 0.15) is 51.9 Å². The SMILES string of the molecule is C[C@H]1C=C[C@@H](CC23CC4CC(CC(C4)C2)C3)OO1. The van der Waals surface area contributed by atoms with Gasteiger partial charge in [0.05, 0.1) is 0 Å². The molecule has 0 aromatic rings. The Morgan fingerprint density at radius 1 is 0.944 bits per heavy atom. The maximum absolute atomic E-state index is 5.54. The van der Waals surface area contributed by atoms with E-state index in [1.165, 1.54) is 44.9 Å².